The van der Waals surface area contributed by atoms with E-state index in [-0.39, 0.29) is 5.56 Å². The van der Waals surface area contributed by atoms with Crippen LogP contribution in [0.25, 0.3) is 0 Å². The van der Waals surface area contributed by atoms with Gasteiger partial charge in [-0.1, -0.05) is 0 Å². The summed E-state index contributed by atoms with van der Waals surface area (Å²) in [6.45, 7) is 0. The highest BCUT2D eigenvalue weighted by atomic mass is 32.1. The number of thiophene rings is 1. The predicted molar refractivity (Wildman–Crippen MR) is 59.3 cm³/mol. The highest BCUT2D eigenvalue weighted by Gasteiger charge is 2.11. The molecule has 1 N–H and O–H groups in total. The number of aliphatic hydroxyl groups is 1. The Hall–Kier alpha value is -1.26. The van der Waals surface area contributed by atoms with Crippen LogP contribution in [0.4, 0.5) is 8.78 Å². The van der Waals surface area contributed by atoms with Crippen LogP contribution in [-0.4, -0.2) is 5.11 Å². The van der Waals surface area contributed by atoms with Crippen molar-refractivity contribution >= 4 is 11.3 Å². The molecule has 1 aromatic heterocycles. The number of halogens is 2. The average molecular weight is 240 g/mol. The van der Waals surface area contributed by atoms with Crippen molar-refractivity contribution in [1.29, 1.82) is 0 Å². The molecule has 1 atom stereocenters. The van der Waals surface area contributed by atoms with Gasteiger partial charge >= 0.3 is 0 Å². The number of rotatable bonds is 3. The van der Waals surface area contributed by atoms with Crippen LogP contribution < -0.4 is 0 Å². The third-order valence-electron chi connectivity index (χ3n) is 2.28. The third kappa shape index (κ3) is 2.65. The molecule has 0 aliphatic rings. The van der Waals surface area contributed by atoms with Gasteiger partial charge in [0.1, 0.15) is 11.6 Å². The Labute approximate surface area is 96.0 Å². The van der Waals surface area contributed by atoms with Crippen LogP contribution in [0.3, 0.4) is 0 Å². The van der Waals surface area contributed by atoms with E-state index in [4.69, 9.17) is 0 Å². The lowest BCUT2D eigenvalue weighted by Gasteiger charge is -2.10. The van der Waals surface area contributed by atoms with Gasteiger partial charge in [0.05, 0.1) is 6.10 Å². The van der Waals surface area contributed by atoms with E-state index < -0.39 is 17.7 Å². The SMILES string of the molecule is OC(Cc1ccsc1)c1cc(F)cc(F)c1. The summed E-state index contributed by atoms with van der Waals surface area (Å²) in [7, 11) is 0. The van der Waals surface area contributed by atoms with Crippen LogP contribution in [0.5, 0.6) is 0 Å². The molecule has 2 aromatic rings. The molecule has 1 nitrogen and oxygen atoms in total. The fourth-order valence-corrected chi connectivity index (χ4v) is 2.20. The number of hydrogen-bond donors (Lipinski definition) is 1. The van der Waals surface area contributed by atoms with Crippen molar-refractivity contribution in [3.8, 4) is 0 Å². The molecule has 4 heteroatoms. The van der Waals surface area contributed by atoms with Crippen LogP contribution >= 0.6 is 11.3 Å². The first-order valence-electron chi connectivity index (χ1n) is 4.80. The van der Waals surface area contributed by atoms with Crippen molar-refractivity contribution in [2.24, 2.45) is 0 Å². The summed E-state index contributed by atoms with van der Waals surface area (Å²) in [6.07, 6.45) is -0.508. The maximum Gasteiger partial charge on any atom is 0.126 e. The Morgan fingerprint density at radius 2 is 1.88 bits per heavy atom. The van der Waals surface area contributed by atoms with Gasteiger partial charge in [-0.25, -0.2) is 8.78 Å². The monoisotopic (exact) mass is 240 g/mol. The van der Waals surface area contributed by atoms with Crippen LogP contribution in [0.15, 0.2) is 35.0 Å². The van der Waals surface area contributed by atoms with Gasteiger partial charge in [-0.3, -0.25) is 0 Å². The molecule has 0 bridgehead atoms. The van der Waals surface area contributed by atoms with E-state index in [1.165, 1.54) is 11.3 Å². The first-order chi connectivity index (χ1) is 7.65. The van der Waals surface area contributed by atoms with Gasteiger partial charge < -0.3 is 5.11 Å². The lowest BCUT2D eigenvalue weighted by atomic mass is 10.0. The van der Waals surface area contributed by atoms with Crippen molar-refractivity contribution in [2.45, 2.75) is 12.5 Å². The second kappa shape index (κ2) is 4.72. The van der Waals surface area contributed by atoms with Crippen LogP contribution in [0, 0.1) is 11.6 Å². The molecule has 0 spiro atoms. The van der Waals surface area contributed by atoms with E-state index in [2.05, 4.69) is 0 Å². The maximum atomic E-state index is 12.9. The summed E-state index contributed by atoms with van der Waals surface area (Å²) in [5, 5.41) is 13.6. The van der Waals surface area contributed by atoms with Crippen molar-refractivity contribution in [2.75, 3.05) is 0 Å². The Balaban J connectivity index is 2.17. The molecule has 0 radical (unpaired) electrons. The van der Waals surface area contributed by atoms with E-state index in [9.17, 15) is 13.9 Å². The number of hydrogen-bond acceptors (Lipinski definition) is 2. The highest BCUT2D eigenvalue weighted by Crippen LogP contribution is 2.21. The second-order valence-corrected chi connectivity index (χ2v) is 4.33. The maximum absolute atomic E-state index is 12.9. The molecule has 16 heavy (non-hydrogen) atoms. The van der Waals surface area contributed by atoms with Gasteiger partial charge in [0, 0.05) is 12.5 Å². The normalized spacial score (nSPS) is 12.7. The van der Waals surface area contributed by atoms with Gasteiger partial charge in [-0.15, -0.1) is 0 Å². The molecular weight excluding hydrogens is 230 g/mol. The molecule has 0 amide bonds. The van der Waals surface area contributed by atoms with Crippen LogP contribution in [-0.2, 0) is 6.42 Å². The standard InChI is InChI=1S/C12H10F2OS/c13-10-4-9(5-11(14)6-10)12(15)3-8-1-2-16-7-8/h1-2,4-7,12,15H,3H2. The molecule has 84 valence electrons. The van der Waals surface area contributed by atoms with E-state index in [1.807, 2.05) is 16.8 Å². The fourth-order valence-electron chi connectivity index (χ4n) is 1.52. The van der Waals surface area contributed by atoms with Gasteiger partial charge in [0.25, 0.3) is 0 Å². The molecule has 1 aromatic carbocycles. The summed E-state index contributed by atoms with van der Waals surface area (Å²) >= 11 is 1.52. The topological polar surface area (TPSA) is 20.2 Å². The van der Waals surface area contributed by atoms with Crippen molar-refractivity contribution in [3.05, 3.63) is 57.8 Å². The van der Waals surface area contributed by atoms with Crippen molar-refractivity contribution in [3.63, 3.8) is 0 Å². The Bertz CT molecular complexity index is 448. The van der Waals surface area contributed by atoms with E-state index in [1.54, 1.807) is 0 Å². The first kappa shape index (κ1) is 11.2. The summed E-state index contributed by atoms with van der Waals surface area (Å²) in [5.74, 6) is -1.33. The number of benzene rings is 1. The summed E-state index contributed by atoms with van der Waals surface area (Å²) in [5.41, 5.74) is 1.23. The van der Waals surface area contributed by atoms with Gasteiger partial charge in [-0.05, 0) is 40.1 Å². The molecule has 0 fully saturated rings. The van der Waals surface area contributed by atoms with Crippen LogP contribution in [0.1, 0.15) is 17.2 Å². The minimum absolute atomic E-state index is 0.267. The Morgan fingerprint density at radius 3 is 2.44 bits per heavy atom. The quantitative estimate of drug-likeness (QED) is 0.872. The van der Waals surface area contributed by atoms with Crippen LogP contribution in [0.2, 0.25) is 0 Å². The van der Waals surface area contributed by atoms with E-state index >= 15 is 0 Å². The Kier molecular flexibility index (Phi) is 3.31. The minimum atomic E-state index is -0.875. The second-order valence-electron chi connectivity index (χ2n) is 3.55. The molecule has 0 aliphatic heterocycles. The smallest absolute Gasteiger partial charge is 0.126 e. The number of aliphatic hydroxyl groups excluding tert-OH is 1. The van der Waals surface area contributed by atoms with Crippen molar-refractivity contribution < 1.29 is 13.9 Å². The largest absolute Gasteiger partial charge is 0.388 e. The summed E-state index contributed by atoms with van der Waals surface area (Å²) < 4.78 is 25.8. The third-order valence-corrected chi connectivity index (χ3v) is 3.01. The molecule has 2 rings (SSSR count). The van der Waals surface area contributed by atoms with Gasteiger partial charge in [-0.2, -0.15) is 11.3 Å². The zero-order valence-electron chi connectivity index (χ0n) is 8.36. The zero-order valence-corrected chi connectivity index (χ0v) is 9.18. The molecule has 0 saturated carbocycles. The van der Waals surface area contributed by atoms with E-state index in [0.717, 1.165) is 23.8 Å². The first-order valence-corrected chi connectivity index (χ1v) is 5.74. The summed E-state index contributed by atoms with van der Waals surface area (Å²) in [6, 6.07) is 4.98. The lowest BCUT2D eigenvalue weighted by molar-refractivity contribution is 0.177. The molecular formula is C12H10F2OS. The molecule has 0 aliphatic carbocycles. The average Bonchev–Trinajstić information content (AvgIpc) is 2.68. The zero-order chi connectivity index (χ0) is 11.5. The van der Waals surface area contributed by atoms with E-state index in [0.29, 0.717) is 6.42 Å². The lowest BCUT2D eigenvalue weighted by Crippen LogP contribution is -2.02. The van der Waals surface area contributed by atoms with Crippen molar-refractivity contribution in [1.82, 2.24) is 0 Å². The Morgan fingerprint density at radius 1 is 1.19 bits per heavy atom. The predicted octanol–water partition coefficient (Wildman–Crippen LogP) is 3.30. The molecule has 0 saturated heterocycles. The summed E-state index contributed by atoms with van der Waals surface area (Å²) in [4.78, 5) is 0. The highest BCUT2D eigenvalue weighted by molar-refractivity contribution is 7.07. The molecule has 1 heterocycles. The minimum Gasteiger partial charge on any atom is -0.388 e. The van der Waals surface area contributed by atoms with Gasteiger partial charge in [0.15, 0.2) is 0 Å². The molecule has 1 unspecified atom stereocenters. The van der Waals surface area contributed by atoms with Gasteiger partial charge in [0.2, 0.25) is 0 Å². The fraction of sp³-hybridized carbons (Fsp3) is 0.167.